The highest BCUT2D eigenvalue weighted by atomic mass is 19.4. The maximum Gasteiger partial charge on any atom is 0.417 e. The van der Waals surface area contributed by atoms with Gasteiger partial charge in [-0.05, 0) is 44.2 Å². The van der Waals surface area contributed by atoms with Crippen LogP contribution in [0, 0.1) is 23.2 Å². The smallest absolute Gasteiger partial charge is 0.365 e. The molecule has 8 nitrogen and oxygen atoms in total. The molecule has 2 aromatic carbocycles. The van der Waals surface area contributed by atoms with Crippen molar-refractivity contribution < 1.29 is 32.3 Å². The zero-order chi connectivity index (χ0) is 26.0. The molecule has 5 atom stereocenters. The summed E-state index contributed by atoms with van der Waals surface area (Å²) in [5.74, 6) is -3.30. The molecule has 186 valence electrons. The Morgan fingerprint density at radius 1 is 1.11 bits per heavy atom. The minimum Gasteiger partial charge on any atom is -0.365 e. The van der Waals surface area contributed by atoms with E-state index in [-0.39, 0.29) is 12.1 Å². The molecular weight excluding hydrogens is 477 g/mol. The number of hydrogen-bond donors (Lipinski definition) is 2. The normalized spacial score (nSPS) is 30.8. The zero-order valence-corrected chi connectivity index (χ0v) is 19.2. The number of rotatable bonds is 3. The van der Waals surface area contributed by atoms with Crippen molar-refractivity contribution in [2.75, 3.05) is 10.2 Å². The van der Waals surface area contributed by atoms with E-state index in [9.17, 15) is 27.6 Å². The van der Waals surface area contributed by atoms with Crippen LogP contribution in [0.5, 0.6) is 0 Å². The molecule has 0 radical (unpaired) electrons. The van der Waals surface area contributed by atoms with Gasteiger partial charge in [0.1, 0.15) is 0 Å². The van der Waals surface area contributed by atoms with E-state index in [1.807, 2.05) is 0 Å². The monoisotopic (exact) mass is 498 g/mol. The first kappa shape index (κ1) is 23.8. The minimum absolute atomic E-state index is 0.237. The summed E-state index contributed by atoms with van der Waals surface area (Å²) in [7, 11) is 0. The van der Waals surface area contributed by atoms with E-state index >= 15 is 0 Å². The number of carbonyl (C=O) groups is 3. The van der Waals surface area contributed by atoms with Gasteiger partial charge in [0.25, 0.3) is 0 Å². The third-order valence-electron chi connectivity index (χ3n) is 7.36. The number of imide groups is 1. The van der Waals surface area contributed by atoms with Gasteiger partial charge in [-0.15, -0.1) is 0 Å². The Balaban J connectivity index is 1.44. The standard InChI is InChI=1S/C25H21F3N4O4/c1-23-11-17(31-22(35)30-14-6-4-3-5-7-14)24(2,36-23)19-18(23)20(33)32(21(19)34)15-9-8-13(12-29)16(10-15)25(26,27)28/h3-10,17-19H,11H2,1-2H3,(H2,30,31,35)/t17-,18+,19-,23+,24-/m0/s1. The van der Waals surface area contributed by atoms with E-state index in [2.05, 4.69) is 10.6 Å². The summed E-state index contributed by atoms with van der Waals surface area (Å²) >= 11 is 0. The van der Waals surface area contributed by atoms with Crippen molar-refractivity contribution in [3.05, 3.63) is 59.7 Å². The minimum atomic E-state index is -4.84. The van der Waals surface area contributed by atoms with Gasteiger partial charge in [-0.3, -0.25) is 9.59 Å². The van der Waals surface area contributed by atoms with E-state index in [1.165, 1.54) is 6.07 Å². The van der Waals surface area contributed by atoms with Crippen LogP contribution in [0.3, 0.4) is 0 Å². The van der Waals surface area contributed by atoms with Crippen molar-refractivity contribution in [3.63, 3.8) is 0 Å². The number of ether oxygens (including phenoxy) is 1. The van der Waals surface area contributed by atoms with Crippen molar-refractivity contribution in [1.29, 1.82) is 5.26 Å². The molecule has 0 aliphatic carbocycles. The average molecular weight is 498 g/mol. The van der Waals surface area contributed by atoms with Gasteiger partial charge in [-0.1, -0.05) is 18.2 Å². The van der Waals surface area contributed by atoms with E-state index in [0.29, 0.717) is 11.8 Å². The molecule has 0 saturated carbocycles. The maximum atomic E-state index is 13.5. The average Bonchev–Trinajstić information content (AvgIpc) is 3.33. The van der Waals surface area contributed by atoms with Crippen LogP contribution in [0.2, 0.25) is 0 Å². The Labute approximate surface area is 204 Å². The third-order valence-corrected chi connectivity index (χ3v) is 7.36. The Kier molecular flexibility index (Phi) is 5.16. The molecule has 36 heavy (non-hydrogen) atoms. The fourth-order valence-corrected chi connectivity index (χ4v) is 5.85. The lowest BCUT2D eigenvalue weighted by Gasteiger charge is -2.35. The largest absolute Gasteiger partial charge is 0.417 e. The van der Waals surface area contributed by atoms with Crippen LogP contribution in [0.25, 0.3) is 0 Å². The van der Waals surface area contributed by atoms with Gasteiger partial charge in [0.05, 0.1) is 52.0 Å². The second kappa shape index (κ2) is 7.80. The summed E-state index contributed by atoms with van der Waals surface area (Å²) in [5, 5.41) is 14.6. The van der Waals surface area contributed by atoms with Gasteiger partial charge in [0.15, 0.2) is 0 Å². The number of alkyl halides is 3. The molecule has 11 heteroatoms. The van der Waals surface area contributed by atoms with E-state index < -0.39 is 64.2 Å². The number of urea groups is 1. The lowest BCUT2D eigenvalue weighted by molar-refractivity contribution is -0.138. The predicted octanol–water partition coefficient (Wildman–Crippen LogP) is 3.82. The molecule has 0 aromatic heterocycles. The molecule has 2 aromatic rings. The number of fused-ring (bicyclic) bond motifs is 5. The summed E-state index contributed by atoms with van der Waals surface area (Å²) in [6, 6.07) is 11.8. The van der Waals surface area contributed by atoms with Gasteiger partial charge < -0.3 is 15.4 Å². The molecule has 0 spiro atoms. The Bertz CT molecular complexity index is 1320. The van der Waals surface area contributed by atoms with Crippen LogP contribution in [0.15, 0.2) is 48.5 Å². The topological polar surface area (TPSA) is 112 Å². The maximum absolute atomic E-state index is 13.5. The summed E-state index contributed by atoms with van der Waals surface area (Å²) < 4.78 is 46.7. The highest BCUT2D eigenvalue weighted by Crippen LogP contribution is 2.61. The molecule has 3 saturated heterocycles. The van der Waals surface area contributed by atoms with Gasteiger partial charge in [-0.2, -0.15) is 18.4 Å². The summed E-state index contributed by atoms with van der Waals surface area (Å²) in [4.78, 5) is 40.3. The number of nitriles is 1. The number of benzene rings is 2. The highest BCUT2D eigenvalue weighted by Gasteiger charge is 2.76. The Morgan fingerprint density at radius 3 is 2.42 bits per heavy atom. The second-order valence-corrected chi connectivity index (χ2v) is 9.63. The van der Waals surface area contributed by atoms with Crippen molar-refractivity contribution in [2.45, 2.75) is 43.7 Å². The number of anilines is 2. The lowest BCUT2D eigenvalue weighted by atomic mass is 9.66. The third kappa shape index (κ3) is 3.44. The fourth-order valence-electron chi connectivity index (χ4n) is 5.85. The summed E-state index contributed by atoms with van der Waals surface area (Å²) in [6.07, 6.45) is -4.61. The molecule has 2 N–H and O–H groups in total. The van der Waals surface area contributed by atoms with Crippen molar-refractivity contribution in [2.24, 2.45) is 11.8 Å². The Morgan fingerprint density at radius 2 is 1.78 bits per heavy atom. The molecule has 3 aliphatic rings. The fraction of sp³-hybridized carbons (Fsp3) is 0.360. The quantitative estimate of drug-likeness (QED) is 0.625. The van der Waals surface area contributed by atoms with E-state index in [1.54, 1.807) is 44.2 Å². The zero-order valence-electron chi connectivity index (χ0n) is 19.2. The van der Waals surface area contributed by atoms with Gasteiger partial charge in [0, 0.05) is 12.1 Å². The number of hydrogen-bond acceptors (Lipinski definition) is 5. The van der Waals surface area contributed by atoms with Crippen LogP contribution in [-0.4, -0.2) is 35.1 Å². The predicted molar refractivity (Wildman–Crippen MR) is 121 cm³/mol. The number of para-hydroxylation sites is 1. The first-order chi connectivity index (χ1) is 16.9. The lowest BCUT2D eigenvalue weighted by Crippen LogP contribution is -2.57. The van der Waals surface area contributed by atoms with Gasteiger partial charge >= 0.3 is 12.2 Å². The molecule has 3 heterocycles. The van der Waals surface area contributed by atoms with Crippen LogP contribution in [0.4, 0.5) is 29.3 Å². The van der Waals surface area contributed by atoms with Crippen molar-refractivity contribution >= 4 is 29.2 Å². The number of nitrogens with one attached hydrogen (secondary N) is 2. The number of amides is 4. The van der Waals surface area contributed by atoms with E-state index in [0.717, 1.165) is 17.0 Å². The summed E-state index contributed by atoms with van der Waals surface area (Å²) in [6.45, 7) is 3.30. The number of halogens is 3. The number of carbonyl (C=O) groups excluding carboxylic acids is 3. The molecule has 5 rings (SSSR count). The molecular formula is C25H21F3N4O4. The van der Waals surface area contributed by atoms with E-state index in [4.69, 9.17) is 10.00 Å². The second-order valence-electron chi connectivity index (χ2n) is 9.63. The van der Waals surface area contributed by atoms with Crippen LogP contribution < -0.4 is 15.5 Å². The van der Waals surface area contributed by atoms with Crippen molar-refractivity contribution in [3.8, 4) is 6.07 Å². The highest BCUT2D eigenvalue weighted by molar-refractivity contribution is 6.23. The molecule has 0 unspecified atom stereocenters. The first-order valence-electron chi connectivity index (χ1n) is 11.2. The molecule has 4 amide bonds. The first-order valence-corrected chi connectivity index (χ1v) is 11.2. The van der Waals surface area contributed by atoms with Gasteiger partial charge in [-0.25, -0.2) is 9.69 Å². The van der Waals surface area contributed by atoms with Crippen LogP contribution in [-0.2, 0) is 20.5 Å². The number of nitrogens with zero attached hydrogens (tertiary/aromatic N) is 2. The Hall–Kier alpha value is -3.91. The van der Waals surface area contributed by atoms with Crippen molar-refractivity contribution in [1.82, 2.24) is 5.32 Å². The SMILES string of the molecule is C[C@]12O[C@](C)(C[C@@H]1NC(=O)Nc1ccccc1)[C@H]1C(=O)N(c3ccc(C#N)c(C(F)(F)F)c3)C(=O)[C@H]12. The molecule has 3 fully saturated rings. The molecule has 2 bridgehead atoms. The molecule has 3 aliphatic heterocycles. The van der Waals surface area contributed by atoms with Crippen LogP contribution >= 0.6 is 0 Å². The van der Waals surface area contributed by atoms with Gasteiger partial charge in [0.2, 0.25) is 11.8 Å². The van der Waals surface area contributed by atoms with Crippen LogP contribution in [0.1, 0.15) is 31.4 Å². The summed E-state index contributed by atoms with van der Waals surface area (Å²) in [5.41, 5.74) is -3.90.